The number of nitriles is 1. The van der Waals surface area contributed by atoms with Crippen molar-refractivity contribution in [3.63, 3.8) is 0 Å². The standard InChI is InChI=1S/C22H23F2N3O.C6H14N2O2S/c1-14-10-15(2)22(28)27(4)9-5-6-17(11-14)16(3)26-20-8-7-18(21(23)24)12-19(20)13-25;1-7-3-5-8(6-4-7)11(2,9)10/h5-12,16,21,26H,1-4H3;3-6H2,1-2H3. The first-order valence-corrected chi connectivity index (χ1v) is 14.3. The van der Waals surface area contributed by atoms with Crippen LogP contribution in [-0.4, -0.2) is 61.7 Å². The lowest BCUT2D eigenvalue weighted by Gasteiger charge is -2.30. The second-order valence-corrected chi connectivity index (χ2v) is 11.7. The number of alkyl halides is 2. The van der Waals surface area contributed by atoms with E-state index in [0.717, 1.165) is 24.2 Å². The van der Waals surface area contributed by atoms with Gasteiger partial charge in [-0.1, -0.05) is 29.8 Å². The van der Waals surface area contributed by atoms with Gasteiger partial charge in [-0.2, -0.15) is 9.57 Å². The summed E-state index contributed by atoms with van der Waals surface area (Å²) in [5.74, 6) is 0. The van der Waals surface area contributed by atoms with Crippen molar-refractivity contribution in [2.45, 2.75) is 33.2 Å². The molecule has 1 aliphatic heterocycles. The van der Waals surface area contributed by atoms with Crippen molar-refractivity contribution in [2.75, 3.05) is 44.8 Å². The largest absolute Gasteiger partial charge is 0.377 e. The first kappa shape index (κ1) is 31.9. The zero-order valence-electron chi connectivity index (χ0n) is 23.3. The van der Waals surface area contributed by atoms with Crippen molar-refractivity contribution in [3.8, 4) is 6.07 Å². The molecule has 2 heterocycles. The minimum absolute atomic E-state index is 0.0789. The Morgan fingerprint density at radius 3 is 2.21 bits per heavy atom. The Morgan fingerprint density at radius 1 is 1.00 bits per heavy atom. The minimum Gasteiger partial charge on any atom is -0.377 e. The highest BCUT2D eigenvalue weighted by atomic mass is 32.2. The van der Waals surface area contributed by atoms with Gasteiger partial charge < -0.3 is 14.8 Å². The SMILES string of the molecule is CN1CCN(S(C)(=O)=O)CC1.Cc1cc(C(C)Nc2ccc(C(F)F)cc2C#N)cccn(C)c(=O)c(C)c1. The van der Waals surface area contributed by atoms with Crippen LogP contribution in [0.3, 0.4) is 0 Å². The Bertz CT molecular complexity index is 1410. The van der Waals surface area contributed by atoms with Gasteiger partial charge in [0.2, 0.25) is 10.0 Å². The van der Waals surface area contributed by atoms with Gasteiger partial charge in [-0.25, -0.2) is 17.2 Å². The maximum Gasteiger partial charge on any atom is 0.263 e. The van der Waals surface area contributed by atoms with Crippen molar-refractivity contribution < 1.29 is 17.2 Å². The summed E-state index contributed by atoms with van der Waals surface area (Å²) in [7, 11) is 0.747. The van der Waals surface area contributed by atoms with Gasteiger partial charge in [-0.05, 0) is 51.6 Å². The lowest BCUT2D eigenvalue weighted by molar-refractivity contribution is 0.151. The molecule has 11 heteroatoms. The third kappa shape index (κ3) is 9.73. The molecule has 1 fully saturated rings. The average molecular weight is 562 g/mol. The van der Waals surface area contributed by atoms with Crippen molar-refractivity contribution in [2.24, 2.45) is 7.05 Å². The molecule has 212 valence electrons. The van der Waals surface area contributed by atoms with E-state index in [2.05, 4.69) is 10.2 Å². The molecule has 39 heavy (non-hydrogen) atoms. The van der Waals surface area contributed by atoms with E-state index in [0.29, 0.717) is 24.3 Å². The maximum atomic E-state index is 12.9. The number of likely N-dealkylation sites (N-methyl/N-ethyl adjacent to an activating group) is 1. The van der Waals surface area contributed by atoms with Gasteiger partial charge in [0.1, 0.15) is 6.07 Å². The number of sulfonamides is 1. The summed E-state index contributed by atoms with van der Waals surface area (Å²) >= 11 is 0. The molecule has 1 atom stereocenters. The monoisotopic (exact) mass is 561 g/mol. The Morgan fingerprint density at radius 2 is 1.64 bits per heavy atom. The summed E-state index contributed by atoms with van der Waals surface area (Å²) in [6.45, 7) is 8.54. The Kier molecular flexibility index (Phi) is 11.6. The molecule has 0 radical (unpaired) electrons. The van der Waals surface area contributed by atoms with Crippen LogP contribution in [0.4, 0.5) is 14.5 Å². The second kappa shape index (κ2) is 14.2. The molecular weight excluding hydrogens is 524 g/mol. The highest BCUT2D eigenvalue weighted by Crippen LogP contribution is 2.27. The van der Waals surface area contributed by atoms with Crippen molar-refractivity contribution in [1.29, 1.82) is 5.26 Å². The molecule has 8 nitrogen and oxygen atoms in total. The van der Waals surface area contributed by atoms with Gasteiger partial charge in [0.05, 0.1) is 17.5 Å². The molecule has 1 N–H and O–H groups in total. The molecule has 0 bridgehead atoms. The summed E-state index contributed by atoms with van der Waals surface area (Å²) in [5, 5.41) is 12.5. The van der Waals surface area contributed by atoms with Crippen molar-refractivity contribution in [1.82, 2.24) is 13.8 Å². The van der Waals surface area contributed by atoms with Crippen LogP contribution >= 0.6 is 0 Å². The van der Waals surface area contributed by atoms with Crippen LogP contribution in [0.15, 0.2) is 53.5 Å². The highest BCUT2D eigenvalue weighted by molar-refractivity contribution is 7.88. The van der Waals surface area contributed by atoms with E-state index in [4.69, 9.17) is 0 Å². The zero-order chi connectivity index (χ0) is 29.3. The first-order chi connectivity index (χ1) is 18.2. The van der Waals surface area contributed by atoms with Gasteiger partial charge in [-0.3, -0.25) is 4.79 Å². The van der Waals surface area contributed by atoms with Gasteiger partial charge in [-0.15, -0.1) is 0 Å². The Balaban J connectivity index is 0.000000404. The van der Waals surface area contributed by atoms with E-state index in [1.54, 1.807) is 26.2 Å². The number of hydrogen-bond donors (Lipinski definition) is 1. The molecule has 0 spiro atoms. The lowest BCUT2D eigenvalue weighted by atomic mass is 10.1. The zero-order valence-corrected chi connectivity index (χ0v) is 24.1. The van der Waals surface area contributed by atoms with Crippen molar-refractivity contribution >= 4 is 15.7 Å². The van der Waals surface area contributed by atoms with Gasteiger partial charge >= 0.3 is 0 Å². The van der Waals surface area contributed by atoms with Gasteiger partial charge in [0.15, 0.2) is 0 Å². The topological polar surface area (TPSA) is 98.4 Å². The normalized spacial score (nSPS) is 15.0. The van der Waals surface area contributed by atoms with Crippen LogP contribution in [-0.2, 0) is 17.1 Å². The molecule has 0 saturated carbocycles. The minimum atomic E-state index is -2.94. The van der Waals surface area contributed by atoms with E-state index in [9.17, 15) is 27.3 Å². The Labute approximate surface area is 229 Å². The molecule has 0 amide bonds. The smallest absolute Gasteiger partial charge is 0.263 e. The first-order valence-electron chi connectivity index (χ1n) is 12.5. The number of hydrogen-bond acceptors (Lipinski definition) is 6. The molecule has 1 unspecified atom stereocenters. The molecule has 1 aromatic carbocycles. The fourth-order valence-electron chi connectivity index (χ4n) is 4.01. The summed E-state index contributed by atoms with van der Waals surface area (Å²) in [4.78, 5) is 14.3. The highest BCUT2D eigenvalue weighted by Gasteiger charge is 2.20. The van der Waals surface area contributed by atoms with E-state index in [-0.39, 0.29) is 22.7 Å². The summed E-state index contributed by atoms with van der Waals surface area (Å²) in [6, 6.07) is 13.2. The van der Waals surface area contributed by atoms with Crippen LogP contribution in [0.1, 0.15) is 47.2 Å². The molecule has 2 aromatic rings. The summed E-state index contributed by atoms with van der Waals surface area (Å²) < 4.78 is 50.8. The van der Waals surface area contributed by atoms with Gasteiger partial charge in [0, 0.05) is 56.6 Å². The molecule has 1 aliphatic rings. The molecule has 1 saturated heterocycles. The number of piperazine rings is 1. The molecule has 1 aromatic heterocycles. The van der Waals surface area contributed by atoms with E-state index < -0.39 is 16.4 Å². The van der Waals surface area contributed by atoms with Crippen LogP contribution in [0.25, 0.3) is 0 Å². The molecule has 3 rings (SSSR count). The molecule has 0 aliphatic carbocycles. The number of anilines is 1. The molecular formula is C28H37F2N5O3S. The van der Waals surface area contributed by atoms with Crippen LogP contribution in [0.2, 0.25) is 0 Å². The van der Waals surface area contributed by atoms with Crippen LogP contribution in [0.5, 0.6) is 0 Å². The predicted octanol–water partition coefficient (Wildman–Crippen LogP) is 4.30. The third-order valence-electron chi connectivity index (χ3n) is 6.31. The number of rotatable bonds is 5. The maximum absolute atomic E-state index is 12.9. The number of aryl methyl sites for hydroxylation is 3. The van der Waals surface area contributed by atoms with Crippen LogP contribution < -0.4 is 10.9 Å². The number of aromatic nitrogens is 1. The summed E-state index contributed by atoms with van der Waals surface area (Å²) in [5.41, 5.74) is 2.85. The average Bonchev–Trinajstić information content (AvgIpc) is 2.87. The summed E-state index contributed by atoms with van der Waals surface area (Å²) in [6.07, 6.45) is 0.321. The lowest BCUT2D eigenvalue weighted by Crippen LogP contribution is -2.46. The van der Waals surface area contributed by atoms with Crippen LogP contribution in [0, 0.1) is 25.2 Å². The van der Waals surface area contributed by atoms with Gasteiger partial charge in [0.25, 0.3) is 12.0 Å². The Hall–Kier alpha value is -3.33. The number of halogens is 2. The number of benzene rings is 1. The van der Waals surface area contributed by atoms with Crippen molar-refractivity contribution in [3.05, 3.63) is 86.8 Å². The van der Waals surface area contributed by atoms with E-state index >= 15 is 0 Å². The fourth-order valence-corrected chi connectivity index (χ4v) is 4.83. The predicted molar refractivity (Wildman–Crippen MR) is 151 cm³/mol. The fraction of sp³-hybridized carbons (Fsp3) is 0.429. The third-order valence-corrected chi connectivity index (χ3v) is 7.62. The number of nitrogens with zero attached hydrogens (tertiary/aromatic N) is 4. The van der Waals surface area contributed by atoms with E-state index in [1.807, 2.05) is 45.2 Å². The van der Waals surface area contributed by atoms with E-state index in [1.165, 1.54) is 33.3 Å². The quantitative estimate of drug-likeness (QED) is 0.585. The second-order valence-electron chi connectivity index (χ2n) is 9.69. The number of nitrogens with one attached hydrogen (secondary N) is 1.